The maximum atomic E-state index is 9.82. The average molecular weight is 277 g/mol. The molecule has 4 heteroatoms. The van der Waals surface area contributed by atoms with Crippen molar-refractivity contribution < 1.29 is 14.6 Å². The first-order valence-electron chi connectivity index (χ1n) is 7.40. The molecule has 1 heterocycles. The van der Waals surface area contributed by atoms with Crippen molar-refractivity contribution in [3.05, 3.63) is 29.8 Å². The van der Waals surface area contributed by atoms with Crippen molar-refractivity contribution in [1.82, 2.24) is 4.90 Å². The molecule has 4 nitrogen and oxygen atoms in total. The Morgan fingerprint density at radius 1 is 1.25 bits per heavy atom. The third-order valence-electron chi connectivity index (χ3n) is 4.13. The molecular formula is C16H23NO3. The number of rotatable bonds is 6. The topological polar surface area (TPSA) is 41.9 Å². The molecule has 1 saturated heterocycles. The number of nitrogens with zero attached hydrogens (tertiary/aromatic N) is 1. The van der Waals surface area contributed by atoms with Crippen molar-refractivity contribution in [3.63, 3.8) is 0 Å². The van der Waals surface area contributed by atoms with Gasteiger partial charge in [-0.1, -0.05) is 12.1 Å². The molecule has 0 unspecified atom stereocenters. The van der Waals surface area contributed by atoms with Crippen LogP contribution in [0, 0.1) is 5.92 Å². The molecule has 2 fully saturated rings. The minimum absolute atomic E-state index is 0.0980. The molecule has 0 amide bonds. The van der Waals surface area contributed by atoms with E-state index in [0.717, 1.165) is 24.8 Å². The van der Waals surface area contributed by atoms with Crippen LogP contribution < -0.4 is 4.74 Å². The molecule has 1 aromatic carbocycles. The van der Waals surface area contributed by atoms with Crippen molar-refractivity contribution in [2.24, 2.45) is 5.92 Å². The highest BCUT2D eigenvalue weighted by Gasteiger charge is 2.29. The number of aliphatic hydroxyl groups is 1. The van der Waals surface area contributed by atoms with Crippen LogP contribution in [0.25, 0.3) is 0 Å². The lowest BCUT2D eigenvalue weighted by Gasteiger charge is -2.25. The Hall–Kier alpha value is -1.10. The Morgan fingerprint density at radius 2 is 2.00 bits per heavy atom. The van der Waals surface area contributed by atoms with Gasteiger partial charge in [0.1, 0.15) is 5.75 Å². The van der Waals surface area contributed by atoms with E-state index in [0.29, 0.717) is 13.2 Å². The first-order valence-corrected chi connectivity index (χ1v) is 7.40. The minimum atomic E-state index is -0.374. The quantitative estimate of drug-likeness (QED) is 0.859. The summed E-state index contributed by atoms with van der Waals surface area (Å²) in [4.78, 5) is 2.15. The van der Waals surface area contributed by atoms with Crippen LogP contribution >= 0.6 is 0 Å². The van der Waals surface area contributed by atoms with Gasteiger partial charge in [-0.05, 0) is 43.5 Å². The predicted octanol–water partition coefficient (Wildman–Crippen LogP) is 1.67. The van der Waals surface area contributed by atoms with Gasteiger partial charge in [0.2, 0.25) is 0 Å². The fourth-order valence-electron chi connectivity index (χ4n) is 2.55. The Balaban J connectivity index is 1.51. The van der Waals surface area contributed by atoms with Crippen LogP contribution in [0.3, 0.4) is 0 Å². The summed E-state index contributed by atoms with van der Waals surface area (Å²) in [5.74, 6) is 1.73. The van der Waals surface area contributed by atoms with E-state index in [-0.39, 0.29) is 12.1 Å². The van der Waals surface area contributed by atoms with Crippen molar-refractivity contribution in [2.75, 3.05) is 26.9 Å². The molecule has 1 N–H and O–H groups in total. The largest absolute Gasteiger partial charge is 0.493 e. The molecule has 1 saturated carbocycles. The van der Waals surface area contributed by atoms with Crippen LogP contribution in [0.4, 0.5) is 0 Å². The van der Waals surface area contributed by atoms with Gasteiger partial charge in [-0.15, -0.1) is 0 Å². The minimum Gasteiger partial charge on any atom is -0.493 e. The van der Waals surface area contributed by atoms with Crippen LogP contribution in [-0.2, 0) is 11.3 Å². The van der Waals surface area contributed by atoms with Gasteiger partial charge in [-0.2, -0.15) is 0 Å². The molecule has 1 aliphatic heterocycles. The molecule has 2 aliphatic rings. The van der Waals surface area contributed by atoms with E-state index in [1.54, 1.807) is 0 Å². The predicted molar refractivity (Wildman–Crippen MR) is 76.7 cm³/mol. The lowest BCUT2D eigenvalue weighted by atomic mass is 10.1. The van der Waals surface area contributed by atoms with Gasteiger partial charge in [0, 0.05) is 6.54 Å². The van der Waals surface area contributed by atoms with E-state index in [1.807, 2.05) is 19.2 Å². The van der Waals surface area contributed by atoms with Gasteiger partial charge >= 0.3 is 0 Å². The fraction of sp³-hybridized carbons (Fsp3) is 0.625. The second-order valence-electron chi connectivity index (χ2n) is 5.99. The van der Waals surface area contributed by atoms with E-state index in [9.17, 15) is 5.11 Å². The smallest absolute Gasteiger partial charge is 0.119 e. The van der Waals surface area contributed by atoms with Gasteiger partial charge in [0.25, 0.3) is 0 Å². The fourth-order valence-corrected chi connectivity index (χ4v) is 2.55. The summed E-state index contributed by atoms with van der Waals surface area (Å²) in [5, 5.41) is 9.82. The molecule has 3 rings (SSSR count). The number of ether oxygens (including phenoxy) is 2. The van der Waals surface area contributed by atoms with Crippen LogP contribution in [0.2, 0.25) is 0 Å². The van der Waals surface area contributed by atoms with E-state index >= 15 is 0 Å². The maximum absolute atomic E-state index is 9.82. The second kappa shape index (κ2) is 6.12. The van der Waals surface area contributed by atoms with Gasteiger partial charge < -0.3 is 14.6 Å². The van der Waals surface area contributed by atoms with Crippen molar-refractivity contribution in [1.29, 1.82) is 0 Å². The number of hydrogen-bond acceptors (Lipinski definition) is 4. The second-order valence-corrected chi connectivity index (χ2v) is 5.99. The Kier molecular flexibility index (Phi) is 4.24. The number of hydrogen-bond donors (Lipinski definition) is 1. The highest BCUT2D eigenvalue weighted by molar-refractivity contribution is 5.27. The van der Waals surface area contributed by atoms with E-state index in [4.69, 9.17) is 9.47 Å². The zero-order valence-electron chi connectivity index (χ0n) is 12.0. The molecule has 2 atom stereocenters. The first-order chi connectivity index (χ1) is 9.72. The van der Waals surface area contributed by atoms with E-state index in [1.165, 1.54) is 18.4 Å². The monoisotopic (exact) mass is 277 g/mol. The summed E-state index contributed by atoms with van der Waals surface area (Å²) in [5.41, 5.74) is 1.23. The third-order valence-corrected chi connectivity index (χ3v) is 4.13. The average Bonchev–Trinajstić information content (AvgIpc) is 3.18. The van der Waals surface area contributed by atoms with Gasteiger partial charge in [0.15, 0.2) is 0 Å². The molecule has 20 heavy (non-hydrogen) atoms. The SMILES string of the molecule is CN(Cc1ccc(OCC2CC2)cc1)[C@@H]1COC[C@H]1O. The van der Waals surface area contributed by atoms with Crippen molar-refractivity contribution in [3.8, 4) is 5.75 Å². The van der Waals surface area contributed by atoms with E-state index in [2.05, 4.69) is 17.0 Å². The van der Waals surface area contributed by atoms with Crippen molar-refractivity contribution in [2.45, 2.75) is 31.5 Å². The van der Waals surface area contributed by atoms with Crippen molar-refractivity contribution >= 4 is 0 Å². The highest BCUT2D eigenvalue weighted by Crippen LogP contribution is 2.29. The maximum Gasteiger partial charge on any atom is 0.119 e. The zero-order valence-corrected chi connectivity index (χ0v) is 12.0. The summed E-state index contributed by atoms with van der Waals surface area (Å²) >= 11 is 0. The molecule has 110 valence electrons. The lowest BCUT2D eigenvalue weighted by Crippen LogP contribution is -2.39. The standard InChI is InChI=1S/C16H23NO3/c1-17(15-10-19-11-16(15)18)8-12-4-6-14(7-5-12)20-9-13-2-3-13/h4-7,13,15-16,18H,2-3,8-11H2,1H3/t15-,16-/m1/s1. The summed E-state index contributed by atoms with van der Waals surface area (Å²) < 4.78 is 11.0. The first kappa shape index (κ1) is 13.9. The molecule has 0 bridgehead atoms. The molecular weight excluding hydrogens is 254 g/mol. The van der Waals surface area contributed by atoms with E-state index < -0.39 is 0 Å². The molecule has 1 aliphatic carbocycles. The summed E-state index contributed by atoms with van der Waals surface area (Å²) in [7, 11) is 2.03. The zero-order chi connectivity index (χ0) is 13.9. The summed E-state index contributed by atoms with van der Waals surface area (Å²) in [6.45, 7) is 2.72. The third kappa shape index (κ3) is 3.51. The van der Waals surface area contributed by atoms with Crippen LogP contribution in [0.5, 0.6) is 5.75 Å². The number of benzene rings is 1. The Labute approximate surface area is 120 Å². The lowest BCUT2D eigenvalue weighted by molar-refractivity contribution is 0.0925. The van der Waals surface area contributed by atoms with Crippen LogP contribution in [0.1, 0.15) is 18.4 Å². The molecule has 0 radical (unpaired) electrons. The molecule has 1 aromatic rings. The van der Waals surface area contributed by atoms with Crippen LogP contribution in [0.15, 0.2) is 24.3 Å². The van der Waals surface area contributed by atoms with Gasteiger partial charge in [-0.25, -0.2) is 0 Å². The summed E-state index contributed by atoms with van der Waals surface area (Å²) in [6.07, 6.45) is 2.25. The van der Waals surface area contributed by atoms with Crippen LogP contribution in [-0.4, -0.2) is 49.0 Å². The normalized spacial score (nSPS) is 26.1. The van der Waals surface area contributed by atoms with Gasteiger partial charge in [0.05, 0.1) is 32.0 Å². The van der Waals surface area contributed by atoms with Gasteiger partial charge in [-0.3, -0.25) is 4.90 Å². The molecule has 0 aromatic heterocycles. The highest BCUT2D eigenvalue weighted by atomic mass is 16.5. The Morgan fingerprint density at radius 3 is 2.60 bits per heavy atom. The number of aliphatic hydroxyl groups excluding tert-OH is 1. The Bertz CT molecular complexity index is 430. The summed E-state index contributed by atoms with van der Waals surface area (Å²) in [6, 6.07) is 8.36. The number of likely N-dealkylation sites (N-methyl/N-ethyl adjacent to an activating group) is 1. The molecule has 0 spiro atoms.